The minimum atomic E-state index is -0.138. The van der Waals surface area contributed by atoms with Crippen LogP contribution >= 0.6 is 0 Å². The molecule has 96 valence electrons. The van der Waals surface area contributed by atoms with Gasteiger partial charge in [-0.15, -0.1) is 0 Å². The maximum Gasteiger partial charge on any atom is 0.167 e. The Morgan fingerprint density at radius 2 is 2.33 bits per heavy atom. The molecule has 2 atom stereocenters. The molecule has 1 aliphatic rings. The van der Waals surface area contributed by atoms with Gasteiger partial charge in [0.1, 0.15) is 18.4 Å². The van der Waals surface area contributed by atoms with Crippen LogP contribution in [0.3, 0.4) is 0 Å². The molecular weight excluding hydrogens is 234 g/mol. The molecular formula is C11H15N5O2. The van der Waals surface area contributed by atoms with E-state index >= 15 is 0 Å². The number of aliphatic hydroxyl groups is 1. The van der Waals surface area contributed by atoms with Gasteiger partial charge in [-0.05, 0) is 19.8 Å². The molecule has 3 N–H and O–H groups in total. The van der Waals surface area contributed by atoms with Crippen molar-refractivity contribution in [2.24, 2.45) is 0 Å². The summed E-state index contributed by atoms with van der Waals surface area (Å²) in [5, 5.41) is 9.11. The van der Waals surface area contributed by atoms with Crippen molar-refractivity contribution in [3.63, 3.8) is 0 Å². The molecule has 1 aliphatic heterocycles. The largest absolute Gasteiger partial charge is 0.394 e. The monoisotopic (exact) mass is 249 g/mol. The van der Waals surface area contributed by atoms with E-state index in [0.717, 1.165) is 18.7 Å². The predicted molar refractivity (Wildman–Crippen MR) is 64.7 cm³/mol. The van der Waals surface area contributed by atoms with E-state index in [1.54, 1.807) is 0 Å². The van der Waals surface area contributed by atoms with Crippen molar-refractivity contribution in [2.45, 2.75) is 32.1 Å². The summed E-state index contributed by atoms with van der Waals surface area (Å²) in [4.78, 5) is 12.5. The summed E-state index contributed by atoms with van der Waals surface area (Å²) in [6.07, 6.45) is 2.85. The van der Waals surface area contributed by atoms with Crippen LogP contribution in [0.2, 0.25) is 0 Å². The standard InChI is InChI=1S/C11H15N5O2/c1-6-15-9-10(12)13-5-14-11(9)16(6)8-3-2-7(4-17)18-8/h5,7-8,17H,2-4H2,1H3,(H2,12,13,14)/t7-,8+/m0/s1. The maximum atomic E-state index is 9.11. The molecule has 0 aliphatic carbocycles. The molecule has 2 aromatic rings. The number of nitrogen functional groups attached to an aromatic ring is 1. The Labute approximate surface area is 104 Å². The van der Waals surface area contributed by atoms with Gasteiger partial charge in [-0.1, -0.05) is 0 Å². The topological polar surface area (TPSA) is 99.1 Å². The molecule has 0 bridgehead atoms. The average Bonchev–Trinajstić information content (AvgIpc) is 2.93. The Kier molecular flexibility index (Phi) is 2.64. The minimum Gasteiger partial charge on any atom is -0.394 e. The highest BCUT2D eigenvalue weighted by Crippen LogP contribution is 2.32. The summed E-state index contributed by atoms with van der Waals surface area (Å²) in [5.74, 6) is 1.17. The highest BCUT2D eigenvalue weighted by atomic mass is 16.5. The lowest BCUT2D eigenvalue weighted by Gasteiger charge is -2.15. The van der Waals surface area contributed by atoms with Crippen molar-refractivity contribution in [3.05, 3.63) is 12.2 Å². The molecule has 0 saturated carbocycles. The minimum absolute atomic E-state index is 0.0410. The van der Waals surface area contributed by atoms with Crippen LogP contribution in [-0.4, -0.2) is 37.3 Å². The number of hydrogen-bond acceptors (Lipinski definition) is 6. The molecule has 7 nitrogen and oxygen atoms in total. The Morgan fingerprint density at radius 1 is 1.50 bits per heavy atom. The summed E-state index contributed by atoms with van der Waals surface area (Å²) in [6, 6.07) is 0. The third-order valence-electron chi connectivity index (χ3n) is 3.26. The van der Waals surface area contributed by atoms with Gasteiger partial charge < -0.3 is 15.6 Å². The highest BCUT2D eigenvalue weighted by Gasteiger charge is 2.29. The first kappa shape index (κ1) is 11.4. The molecule has 1 fully saturated rings. The second-order valence-electron chi connectivity index (χ2n) is 4.43. The van der Waals surface area contributed by atoms with E-state index in [1.165, 1.54) is 6.33 Å². The first-order valence-corrected chi connectivity index (χ1v) is 5.92. The van der Waals surface area contributed by atoms with E-state index < -0.39 is 0 Å². The summed E-state index contributed by atoms with van der Waals surface area (Å²) in [5.41, 5.74) is 7.07. The molecule has 0 aromatic carbocycles. The van der Waals surface area contributed by atoms with Crippen LogP contribution in [0.25, 0.3) is 11.2 Å². The fourth-order valence-electron chi connectivity index (χ4n) is 2.39. The van der Waals surface area contributed by atoms with Gasteiger partial charge in [-0.3, -0.25) is 4.57 Å². The molecule has 0 unspecified atom stereocenters. The molecule has 7 heteroatoms. The van der Waals surface area contributed by atoms with Gasteiger partial charge in [0.15, 0.2) is 17.0 Å². The summed E-state index contributed by atoms with van der Waals surface area (Å²) in [7, 11) is 0. The van der Waals surface area contributed by atoms with E-state index in [-0.39, 0.29) is 18.9 Å². The Morgan fingerprint density at radius 3 is 3.06 bits per heavy atom. The zero-order valence-electron chi connectivity index (χ0n) is 10.1. The summed E-state index contributed by atoms with van der Waals surface area (Å²) < 4.78 is 7.68. The van der Waals surface area contributed by atoms with Crippen molar-refractivity contribution in [1.82, 2.24) is 19.5 Å². The zero-order valence-corrected chi connectivity index (χ0v) is 10.1. The number of aryl methyl sites for hydroxylation is 1. The van der Waals surface area contributed by atoms with Gasteiger partial charge >= 0.3 is 0 Å². The van der Waals surface area contributed by atoms with Crippen LogP contribution in [0.5, 0.6) is 0 Å². The second kappa shape index (κ2) is 4.18. The van der Waals surface area contributed by atoms with Crippen LogP contribution in [0.1, 0.15) is 24.9 Å². The average molecular weight is 249 g/mol. The number of aliphatic hydroxyl groups excluding tert-OH is 1. The SMILES string of the molecule is Cc1nc2c(N)ncnc2n1[C@H]1CC[C@@H](CO)O1. The molecule has 3 rings (SSSR count). The van der Waals surface area contributed by atoms with Gasteiger partial charge in [0.2, 0.25) is 0 Å². The molecule has 18 heavy (non-hydrogen) atoms. The second-order valence-corrected chi connectivity index (χ2v) is 4.43. The summed E-state index contributed by atoms with van der Waals surface area (Å²) >= 11 is 0. The normalized spacial score (nSPS) is 23.9. The van der Waals surface area contributed by atoms with Crippen LogP contribution in [0.15, 0.2) is 6.33 Å². The summed E-state index contributed by atoms with van der Waals surface area (Å²) in [6.45, 7) is 1.93. The Balaban J connectivity index is 2.07. The molecule has 0 amide bonds. The Hall–Kier alpha value is -1.73. The number of anilines is 1. The maximum absolute atomic E-state index is 9.11. The van der Waals surface area contributed by atoms with Crippen molar-refractivity contribution in [3.8, 4) is 0 Å². The van der Waals surface area contributed by atoms with Crippen LogP contribution in [0, 0.1) is 6.92 Å². The van der Waals surface area contributed by atoms with Crippen molar-refractivity contribution in [1.29, 1.82) is 0 Å². The number of hydrogen-bond donors (Lipinski definition) is 2. The van der Waals surface area contributed by atoms with E-state index in [4.69, 9.17) is 15.6 Å². The lowest BCUT2D eigenvalue weighted by molar-refractivity contribution is -0.0215. The van der Waals surface area contributed by atoms with Crippen molar-refractivity contribution in [2.75, 3.05) is 12.3 Å². The lowest BCUT2D eigenvalue weighted by Crippen LogP contribution is -2.15. The molecule has 2 aromatic heterocycles. The van der Waals surface area contributed by atoms with Gasteiger partial charge in [-0.2, -0.15) is 0 Å². The van der Waals surface area contributed by atoms with E-state index in [2.05, 4.69) is 15.0 Å². The number of nitrogens with two attached hydrogens (primary N) is 1. The first-order valence-electron chi connectivity index (χ1n) is 5.92. The molecule has 0 spiro atoms. The predicted octanol–water partition coefficient (Wildman–Crippen LogP) is 0.387. The quantitative estimate of drug-likeness (QED) is 0.798. The lowest BCUT2D eigenvalue weighted by atomic mass is 10.2. The van der Waals surface area contributed by atoms with Gasteiger partial charge in [0.05, 0.1) is 12.7 Å². The van der Waals surface area contributed by atoms with Gasteiger partial charge in [0, 0.05) is 0 Å². The van der Waals surface area contributed by atoms with E-state index in [9.17, 15) is 0 Å². The smallest absolute Gasteiger partial charge is 0.167 e. The first-order chi connectivity index (χ1) is 8.70. The third kappa shape index (κ3) is 1.63. The number of ether oxygens (including phenoxy) is 1. The van der Waals surface area contributed by atoms with Gasteiger partial charge in [-0.25, -0.2) is 15.0 Å². The van der Waals surface area contributed by atoms with Gasteiger partial charge in [0.25, 0.3) is 0 Å². The zero-order chi connectivity index (χ0) is 12.7. The molecule has 1 saturated heterocycles. The number of fused-ring (bicyclic) bond motifs is 1. The van der Waals surface area contributed by atoms with E-state index in [0.29, 0.717) is 17.0 Å². The number of imidazole rings is 1. The molecule has 3 heterocycles. The highest BCUT2D eigenvalue weighted by molar-refractivity contribution is 5.81. The fourth-order valence-corrected chi connectivity index (χ4v) is 2.39. The van der Waals surface area contributed by atoms with Crippen LogP contribution < -0.4 is 5.73 Å². The molecule has 0 radical (unpaired) electrons. The van der Waals surface area contributed by atoms with E-state index in [1.807, 2.05) is 11.5 Å². The fraction of sp³-hybridized carbons (Fsp3) is 0.545. The van der Waals surface area contributed by atoms with Crippen molar-refractivity contribution >= 4 is 17.0 Å². The van der Waals surface area contributed by atoms with Crippen LogP contribution in [0.4, 0.5) is 5.82 Å². The number of aromatic nitrogens is 4. The number of rotatable bonds is 2. The van der Waals surface area contributed by atoms with Crippen molar-refractivity contribution < 1.29 is 9.84 Å². The Bertz CT molecular complexity index is 582. The van der Waals surface area contributed by atoms with Crippen LogP contribution in [-0.2, 0) is 4.74 Å². The number of nitrogens with zero attached hydrogens (tertiary/aromatic N) is 4. The third-order valence-corrected chi connectivity index (χ3v) is 3.26.